The molecule has 0 saturated carbocycles. The fourth-order valence-corrected chi connectivity index (χ4v) is 9.39. The number of rotatable bonds is 4. The van der Waals surface area contributed by atoms with Gasteiger partial charge in [-0.05, 0) is 85.6 Å². The van der Waals surface area contributed by atoms with Crippen molar-refractivity contribution in [3.63, 3.8) is 0 Å². The summed E-state index contributed by atoms with van der Waals surface area (Å²) in [5.74, 6) is 1.71. The van der Waals surface area contributed by atoms with E-state index in [0.717, 1.165) is 55.9 Å². The van der Waals surface area contributed by atoms with Crippen molar-refractivity contribution in [2.75, 3.05) is 0 Å². The van der Waals surface area contributed by atoms with E-state index in [1.54, 1.807) is 0 Å². The van der Waals surface area contributed by atoms with Crippen LogP contribution in [-0.4, -0.2) is 9.97 Å². The Kier molecular flexibility index (Phi) is 6.55. The smallest absolute Gasteiger partial charge is 0.160 e. The van der Waals surface area contributed by atoms with Crippen LogP contribution in [0.3, 0.4) is 0 Å². The Morgan fingerprint density at radius 2 is 0.982 bits per heavy atom. The van der Waals surface area contributed by atoms with E-state index in [9.17, 15) is 0 Å². The number of aromatic nitrogens is 2. The summed E-state index contributed by atoms with van der Waals surface area (Å²) in [4.78, 5) is 10.3. The van der Waals surface area contributed by atoms with Crippen molar-refractivity contribution in [3.8, 4) is 67.3 Å². The van der Waals surface area contributed by atoms with Gasteiger partial charge >= 0.3 is 0 Å². The lowest BCUT2D eigenvalue weighted by atomic mass is 9.73. The van der Waals surface area contributed by atoms with E-state index in [-0.39, 0.29) is 0 Å². The van der Waals surface area contributed by atoms with Crippen LogP contribution >= 0.6 is 0 Å². The normalized spacial score (nSPS) is 14.9. The zero-order chi connectivity index (χ0) is 36.8. The van der Waals surface area contributed by atoms with Gasteiger partial charge in [-0.1, -0.05) is 164 Å². The molecule has 56 heavy (non-hydrogen) atoms. The summed E-state index contributed by atoms with van der Waals surface area (Å²) in [6.07, 6.45) is 0. The van der Waals surface area contributed by atoms with Crippen LogP contribution in [-0.2, 0) is 5.41 Å². The lowest BCUT2D eigenvalue weighted by Crippen LogP contribution is -2.25. The number of para-hydroxylation sites is 1. The number of hydrogen-bond donors (Lipinski definition) is 0. The monoisotopic (exact) mass is 712 g/mol. The van der Waals surface area contributed by atoms with Crippen molar-refractivity contribution >= 4 is 21.7 Å². The van der Waals surface area contributed by atoms with Gasteiger partial charge in [0, 0.05) is 27.6 Å². The molecule has 0 saturated heterocycles. The Morgan fingerprint density at radius 3 is 1.84 bits per heavy atom. The van der Waals surface area contributed by atoms with E-state index in [1.807, 2.05) is 18.2 Å². The number of benzene rings is 8. The summed E-state index contributed by atoms with van der Waals surface area (Å²) < 4.78 is 6.97. The predicted octanol–water partition coefficient (Wildman–Crippen LogP) is 13.4. The summed E-state index contributed by atoms with van der Waals surface area (Å²) in [5, 5.41) is 3.55. The Morgan fingerprint density at radius 1 is 0.375 bits per heavy atom. The highest BCUT2D eigenvalue weighted by atomic mass is 16.3. The Hall–Kier alpha value is -7.36. The van der Waals surface area contributed by atoms with E-state index in [0.29, 0.717) is 5.82 Å². The van der Waals surface area contributed by atoms with Gasteiger partial charge in [-0.15, -0.1) is 0 Å². The van der Waals surface area contributed by atoms with Gasteiger partial charge in [-0.3, -0.25) is 0 Å². The maximum Gasteiger partial charge on any atom is 0.160 e. The second-order valence-electron chi connectivity index (χ2n) is 14.9. The Bertz CT molecular complexity index is 3210. The highest BCUT2D eigenvalue weighted by molar-refractivity contribution is 6.04. The molecule has 2 aliphatic rings. The van der Waals surface area contributed by atoms with Gasteiger partial charge in [-0.2, -0.15) is 0 Å². The second-order valence-corrected chi connectivity index (χ2v) is 14.9. The summed E-state index contributed by atoms with van der Waals surface area (Å²) in [6.45, 7) is 0. The molecule has 1 spiro atoms. The first kappa shape index (κ1) is 31.0. The van der Waals surface area contributed by atoms with Gasteiger partial charge in [0.15, 0.2) is 5.82 Å². The van der Waals surface area contributed by atoms with Gasteiger partial charge in [0.05, 0.1) is 11.4 Å². The lowest BCUT2D eigenvalue weighted by Gasteiger charge is -2.28. The highest BCUT2D eigenvalue weighted by Crippen LogP contribution is 2.64. The fraction of sp³-hybridized carbons (Fsp3) is 0.0189. The van der Waals surface area contributed by atoms with Crippen LogP contribution in [0.5, 0.6) is 0 Å². The Balaban J connectivity index is 1.04. The number of hydrogen-bond acceptors (Lipinski definition) is 3. The molecule has 3 heteroatoms. The molecule has 2 aromatic heterocycles. The molecule has 12 rings (SSSR count). The predicted molar refractivity (Wildman–Crippen MR) is 227 cm³/mol. The number of nitrogens with zero attached hydrogens (tertiary/aromatic N) is 2. The standard InChI is InChI=1S/C53H32N2O/c1-2-14-34(15-3-1)52-54-47(32-48(55-52)39-26-25-33-13-4-5-16-35(33)29-39)38-18-12-17-36(30-38)37-27-28-41-40-19-6-9-22-44(40)53(46(41)31-37)45-23-10-7-20-42(45)50-43-21-8-11-24-49(43)56-51(50)53/h1-32H. The van der Waals surface area contributed by atoms with E-state index in [1.165, 1.54) is 49.7 Å². The van der Waals surface area contributed by atoms with Crippen LogP contribution in [0.2, 0.25) is 0 Å². The zero-order valence-electron chi connectivity index (χ0n) is 30.3. The van der Waals surface area contributed by atoms with Gasteiger partial charge < -0.3 is 4.42 Å². The number of fused-ring (bicyclic) bond motifs is 13. The first-order chi connectivity index (χ1) is 27.7. The number of furan rings is 1. The van der Waals surface area contributed by atoms with Crippen molar-refractivity contribution in [2.45, 2.75) is 5.41 Å². The summed E-state index contributed by atoms with van der Waals surface area (Å²) in [6, 6.07) is 69.4. The molecular formula is C53H32N2O. The average Bonchev–Trinajstić information content (AvgIpc) is 3.90. The summed E-state index contributed by atoms with van der Waals surface area (Å²) in [5.41, 5.74) is 16.2. The molecule has 8 aromatic carbocycles. The molecule has 0 fully saturated rings. The fourth-order valence-electron chi connectivity index (χ4n) is 9.39. The third-order valence-corrected chi connectivity index (χ3v) is 11.9. The largest absolute Gasteiger partial charge is 0.459 e. The molecule has 2 heterocycles. The minimum Gasteiger partial charge on any atom is -0.459 e. The molecule has 10 aromatic rings. The molecular weight excluding hydrogens is 681 g/mol. The minimum atomic E-state index is -0.573. The van der Waals surface area contributed by atoms with Crippen LogP contribution in [0.15, 0.2) is 199 Å². The van der Waals surface area contributed by atoms with Crippen molar-refractivity contribution in [2.24, 2.45) is 0 Å². The summed E-state index contributed by atoms with van der Waals surface area (Å²) in [7, 11) is 0. The minimum absolute atomic E-state index is 0.573. The van der Waals surface area contributed by atoms with Crippen LogP contribution in [0, 0.1) is 0 Å². The first-order valence-electron chi connectivity index (χ1n) is 19.1. The summed E-state index contributed by atoms with van der Waals surface area (Å²) >= 11 is 0. The second kappa shape index (κ2) is 11.8. The topological polar surface area (TPSA) is 38.9 Å². The highest BCUT2D eigenvalue weighted by Gasteiger charge is 2.55. The van der Waals surface area contributed by atoms with Crippen LogP contribution in [0.25, 0.3) is 89.0 Å². The molecule has 0 aliphatic heterocycles. The van der Waals surface area contributed by atoms with Crippen molar-refractivity contribution in [1.82, 2.24) is 9.97 Å². The quantitative estimate of drug-likeness (QED) is 0.182. The zero-order valence-corrected chi connectivity index (χ0v) is 30.3. The van der Waals surface area contributed by atoms with Gasteiger partial charge in [0.2, 0.25) is 0 Å². The van der Waals surface area contributed by atoms with Gasteiger partial charge in [0.25, 0.3) is 0 Å². The van der Waals surface area contributed by atoms with Crippen molar-refractivity contribution in [1.29, 1.82) is 0 Å². The van der Waals surface area contributed by atoms with Crippen LogP contribution in [0.1, 0.15) is 22.5 Å². The van der Waals surface area contributed by atoms with Crippen molar-refractivity contribution in [3.05, 3.63) is 217 Å². The molecule has 0 N–H and O–H groups in total. The molecule has 3 nitrogen and oxygen atoms in total. The van der Waals surface area contributed by atoms with E-state index < -0.39 is 5.41 Å². The first-order valence-corrected chi connectivity index (χ1v) is 19.1. The average molecular weight is 713 g/mol. The van der Waals surface area contributed by atoms with Gasteiger partial charge in [-0.25, -0.2) is 9.97 Å². The maximum atomic E-state index is 6.97. The molecule has 260 valence electrons. The third-order valence-electron chi connectivity index (χ3n) is 11.9. The van der Waals surface area contributed by atoms with E-state index in [2.05, 4.69) is 176 Å². The molecule has 1 unspecified atom stereocenters. The maximum absolute atomic E-state index is 6.97. The van der Waals surface area contributed by atoms with Crippen LogP contribution in [0.4, 0.5) is 0 Å². The van der Waals surface area contributed by atoms with E-state index >= 15 is 0 Å². The molecule has 1 atom stereocenters. The van der Waals surface area contributed by atoms with Crippen molar-refractivity contribution < 1.29 is 4.42 Å². The molecule has 0 amide bonds. The Labute approximate surface area is 324 Å². The van der Waals surface area contributed by atoms with Gasteiger partial charge in [0.1, 0.15) is 16.8 Å². The molecule has 2 aliphatic carbocycles. The SMILES string of the molecule is c1ccc(-c2nc(-c3cccc(-c4ccc5c(c4)C4(c6ccccc6-5)c5ccccc5-c5c4oc4ccccc54)c3)cc(-c3ccc4ccccc4c3)n2)cc1. The molecule has 0 bridgehead atoms. The molecule has 0 radical (unpaired) electrons. The lowest BCUT2D eigenvalue weighted by molar-refractivity contribution is 0.507. The van der Waals surface area contributed by atoms with E-state index in [4.69, 9.17) is 14.4 Å². The third kappa shape index (κ3) is 4.40. The van der Waals surface area contributed by atoms with Crippen LogP contribution < -0.4 is 0 Å².